The van der Waals surface area contributed by atoms with Crippen molar-refractivity contribution in [2.75, 3.05) is 13.1 Å². The van der Waals surface area contributed by atoms with Gasteiger partial charge in [0.1, 0.15) is 0 Å². The molecule has 0 aromatic heterocycles. The van der Waals surface area contributed by atoms with E-state index in [9.17, 15) is 9.59 Å². The van der Waals surface area contributed by atoms with Gasteiger partial charge >= 0.3 is 0 Å². The molecule has 144 valence electrons. The number of rotatable bonds is 7. The van der Waals surface area contributed by atoms with Gasteiger partial charge in [0.05, 0.1) is 13.1 Å². The van der Waals surface area contributed by atoms with Crippen molar-refractivity contribution in [3.8, 4) is 0 Å². The number of aliphatic imine (C=N–C) groups is 1. The Kier molecular flexibility index (Phi) is 10.0. The van der Waals surface area contributed by atoms with Crippen LogP contribution in [0.5, 0.6) is 0 Å². The highest BCUT2D eigenvalue weighted by molar-refractivity contribution is 14.0. The molecule has 2 amide bonds. The summed E-state index contributed by atoms with van der Waals surface area (Å²) in [7, 11) is 0. The van der Waals surface area contributed by atoms with Crippen LogP contribution in [0.1, 0.15) is 48.5 Å². The minimum atomic E-state index is -0.565. The summed E-state index contributed by atoms with van der Waals surface area (Å²) in [5.41, 5.74) is 6.51. The van der Waals surface area contributed by atoms with Crippen LogP contribution in [-0.2, 0) is 11.3 Å². The Balaban J connectivity index is 0.00000338. The van der Waals surface area contributed by atoms with E-state index < -0.39 is 5.91 Å². The fourth-order valence-corrected chi connectivity index (χ4v) is 2.78. The second-order valence-corrected chi connectivity index (χ2v) is 6.17. The van der Waals surface area contributed by atoms with Crippen LogP contribution in [0.25, 0.3) is 0 Å². The maximum atomic E-state index is 11.8. The first-order chi connectivity index (χ1) is 12.1. The van der Waals surface area contributed by atoms with Gasteiger partial charge in [-0.2, -0.15) is 0 Å². The summed E-state index contributed by atoms with van der Waals surface area (Å²) < 4.78 is 0. The van der Waals surface area contributed by atoms with Gasteiger partial charge in [-0.1, -0.05) is 25.0 Å². The Morgan fingerprint density at radius 1 is 1.15 bits per heavy atom. The number of nitrogens with two attached hydrogens (primary N) is 1. The van der Waals surface area contributed by atoms with Crippen molar-refractivity contribution in [2.45, 2.75) is 45.2 Å². The summed E-state index contributed by atoms with van der Waals surface area (Å²) >= 11 is 0. The highest BCUT2D eigenvalue weighted by Crippen LogP contribution is 2.17. The van der Waals surface area contributed by atoms with Crippen LogP contribution in [0.2, 0.25) is 0 Å². The van der Waals surface area contributed by atoms with E-state index in [1.54, 1.807) is 12.1 Å². The molecule has 0 radical (unpaired) electrons. The second kappa shape index (κ2) is 11.7. The molecule has 1 saturated carbocycles. The van der Waals surface area contributed by atoms with Gasteiger partial charge in [0.25, 0.3) is 5.91 Å². The largest absolute Gasteiger partial charge is 0.368 e. The summed E-state index contributed by atoms with van der Waals surface area (Å²) in [6.07, 6.45) is 4.94. The summed E-state index contributed by atoms with van der Waals surface area (Å²) in [6, 6.07) is 7.68. The molecule has 0 bridgehead atoms. The second-order valence-electron chi connectivity index (χ2n) is 6.17. The zero-order valence-corrected chi connectivity index (χ0v) is 17.4. The van der Waals surface area contributed by atoms with Crippen molar-refractivity contribution in [1.29, 1.82) is 0 Å². The van der Waals surface area contributed by atoms with Crippen LogP contribution >= 0.6 is 24.0 Å². The van der Waals surface area contributed by atoms with Gasteiger partial charge in [-0.3, -0.25) is 9.59 Å². The Hall–Kier alpha value is -1.84. The first-order valence-electron chi connectivity index (χ1n) is 8.78. The van der Waals surface area contributed by atoms with E-state index in [0.29, 0.717) is 18.2 Å². The third kappa shape index (κ3) is 7.59. The quantitative estimate of drug-likeness (QED) is 0.274. The van der Waals surface area contributed by atoms with Crippen LogP contribution < -0.4 is 21.7 Å². The highest BCUT2D eigenvalue weighted by atomic mass is 127. The Bertz CT molecular complexity index is 613. The van der Waals surface area contributed by atoms with Crippen molar-refractivity contribution >= 4 is 41.8 Å². The van der Waals surface area contributed by atoms with Crippen molar-refractivity contribution in [3.63, 3.8) is 0 Å². The van der Waals surface area contributed by atoms with E-state index in [2.05, 4.69) is 20.9 Å². The van der Waals surface area contributed by atoms with E-state index >= 15 is 0 Å². The van der Waals surface area contributed by atoms with Crippen molar-refractivity contribution in [1.82, 2.24) is 16.0 Å². The summed E-state index contributed by atoms with van der Waals surface area (Å²) in [6.45, 7) is 3.23. The molecule has 7 nitrogen and oxygen atoms in total. The molecule has 0 saturated heterocycles. The summed E-state index contributed by atoms with van der Waals surface area (Å²) in [4.78, 5) is 27.1. The number of nitrogens with one attached hydrogen (secondary N) is 3. The molecule has 0 spiro atoms. The minimum absolute atomic E-state index is 0. The number of benzene rings is 1. The van der Waals surface area contributed by atoms with Crippen molar-refractivity contribution in [2.24, 2.45) is 10.7 Å². The molecule has 1 aliphatic rings. The Morgan fingerprint density at radius 2 is 1.81 bits per heavy atom. The number of primary amides is 1. The number of guanidine groups is 1. The van der Waals surface area contributed by atoms with Crippen LogP contribution in [0.15, 0.2) is 29.3 Å². The lowest BCUT2D eigenvalue weighted by Crippen LogP contribution is -2.42. The third-order valence-corrected chi connectivity index (χ3v) is 4.10. The average molecular weight is 473 g/mol. The first-order valence-corrected chi connectivity index (χ1v) is 8.78. The lowest BCUT2D eigenvalue weighted by atomic mass is 10.1. The molecule has 1 aromatic carbocycles. The van der Waals surface area contributed by atoms with Crippen LogP contribution in [-0.4, -0.2) is 36.9 Å². The summed E-state index contributed by atoms with van der Waals surface area (Å²) in [5, 5.41) is 9.21. The standard InChI is InChI=1S/C18H27N5O2.HI/c1-2-20-18(23-15-5-3-4-6-15)22-11-13-7-9-14(10-8-13)17(25)21-12-16(19)24;/h7-10,15H,2-6,11-12H2,1H3,(H2,19,24)(H,21,25)(H2,20,22,23);1H. The molecule has 26 heavy (non-hydrogen) atoms. The average Bonchev–Trinajstić information content (AvgIpc) is 3.11. The zero-order chi connectivity index (χ0) is 18.1. The van der Waals surface area contributed by atoms with Gasteiger partial charge < -0.3 is 21.7 Å². The lowest BCUT2D eigenvalue weighted by Gasteiger charge is -2.16. The topological polar surface area (TPSA) is 109 Å². The minimum Gasteiger partial charge on any atom is -0.368 e. The zero-order valence-electron chi connectivity index (χ0n) is 15.1. The van der Waals surface area contributed by atoms with Gasteiger partial charge in [0, 0.05) is 18.2 Å². The number of nitrogens with zero attached hydrogens (tertiary/aromatic N) is 1. The fourth-order valence-electron chi connectivity index (χ4n) is 2.78. The predicted molar refractivity (Wildman–Crippen MR) is 114 cm³/mol. The molecule has 1 fully saturated rings. The molecule has 0 atom stereocenters. The van der Waals surface area contributed by atoms with Gasteiger partial charge in [0.2, 0.25) is 5.91 Å². The number of hydrogen-bond donors (Lipinski definition) is 4. The number of hydrogen-bond acceptors (Lipinski definition) is 3. The van der Waals surface area contributed by atoms with E-state index in [1.807, 2.05) is 19.1 Å². The maximum Gasteiger partial charge on any atom is 0.251 e. The molecular formula is C18H28IN5O2. The SMILES string of the molecule is CCNC(=NCc1ccc(C(=O)NCC(N)=O)cc1)NC1CCCC1.I. The highest BCUT2D eigenvalue weighted by Gasteiger charge is 2.15. The summed E-state index contributed by atoms with van der Waals surface area (Å²) in [5.74, 6) is -0.0483. The lowest BCUT2D eigenvalue weighted by molar-refractivity contribution is -0.117. The number of amides is 2. The fraction of sp³-hybridized carbons (Fsp3) is 0.500. The Morgan fingerprint density at radius 3 is 2.38 bits per heavy atom. The van der Waals surface area contributed by atoms with Gasteiger partial charge in [-0.25, -0.2) is 4.99 Å². The molecule has 1 aliphatic carbocycles. The molecule has 0 unspecified atom stereocenters. The first kappa shape index (κ1) is 22.2. The van der Waals surface area contributed by atoms with Gasteiger partial charge in [-0.05, 0) is 37.5 Å². The molecule has 0 aliphatic heterocycles. The van der Waals surface area contributed by atoms with Crippen LogP contribution in [0.3, 0.4) is 0 Å². The molecule has 5 N–H and O–H groups in total. The van der Waals surface area contributed by atoms with E-state index in [0.717, 1.165) is 18.1 Å². The van der Waals surface area contributed by atoms with Crippen molar-refractivity contribution in [3.05, 3.63) is 35.4 Å². The van der Waals surface area contributed by atoms with E-state index in [4.69, 9.17) is 5.73 Å². The molecule has 0 heterocycles. The van der Waals surface area contributed by atoms with E-state index in [-0.39, 0.29) is 36.4 Å². The van der Waals surface area contributed by atoms with Gasteiger partial charge in [0.15, 0.2) is 5.96 Å². The predicted octanol–water partition coefficient (Wildman–Crippen LogP) is 1.52. The van der Waals surface area contributed by atoms with E-state index in [1.165, 1.54) is 25.7 Å². The molecule has 2 rings (SSSR count). The maximum absolute atomic E-state index is 11.8. The number of carbonyl (C=O) groups is 2. The van der Waals surface area contributed by atoms with Crippen LogP contribution in [0, 0.1) is 0 Å². The smallest absolute Gasteiger partial charge is 0.251 e. The van der Waals surface area contributed by atoms with Crippen molar-refractivity contribution < 1.29 is 9.59 Å². The molecule has 8 heteroatoms. The Labute approximate surface area is 171 Å². The number of halogens is 1. The monoisotopic (exact) mass is 473 g/mol. The van der Waals surface area contributed by atoms with Crippen LogP contribution in [0.4, 0.5) is 0 Å². The number of carbonyl (C=O) groups excluding carboxylic acids is 2. The van der Waals surface area contributed by atoms with Gasteiger partial charge in [-0.15, -0.1) is 24.0 Å². The molecule has 1 aromatic rings. The molecular weight excluding hydrogens is 445 g/mol. The normalized spacial score (nSPS) is 14.4. The third-order valence-electron chi connectivity index (χ3n) is 4.10.